The van der Waals surface area contributed by atoms with Crippen LogP contribution in [0.4, 0.5) is 34.1 Å². The Morgan fingerprint density at radius 2 is 0.582 bits per heavy atom. The first-order chi connectivity index (χ1) is 33.2. The zero-order valence-electron chi connectivity index (χ0n) is 36.7. The van der Waals surface area contributed by atoms with E-state index in [4.69, 9.17) is 4.42 Å². The van der Waals surface area contributed by atoms with Crippen molar-refractivity contribution in [2.24, 2.45) is 0 Å². The van der Waals surface area contributed by atoms with Gasteiger partial charge in [-0.2, -0.15) is 0 Å². The molecule has 0 bridgehead atoms. The SMILES string of the molecule is c1ccc(-c2cccc(N(c3cccc(-c4ccccc4)c3)c3ccc4c(c3)oc3cc(N(c5cccc(-c6ccccc6)c5)c5cccc(-c6ccccc6)c5)c5ccccc5c34)c2)cc1. The monoisotopic (exact) mass is 856 g/mol. The van der Waals surface area contributed by atoms with Crippen LogP contribution in [-0.2, 0) is 0 Å². The highest BCUT2D eigenvalue weighted by molar-refractivity contribution is 6.23. The Morgan fingerprint density at radius 3 is 1.01 bits per heavy atom. The summed E-state index contributed by atoms with van der Waals surface area (Å²) < 4.78 is 7.10. The highest BCUT2D eigenvalue weighted by Crippen LogP contribution is 2.47. The van der Waals surface area contributed by atoms with E-state index in [1.807, 2.05) is 0 Å². The van der Waals surface area contributed by atoms with Gasteiger partial charge in [-0.25, -0.2) is 0 Å². The largest absolute Gasteiger partial charge is 0.456 e. The van der Waals surface area contributed by atoms with E-state index in [-0.39, 0.29) is 0 Å². The summed E-state index contributed by atoms with van der Waals surface area (Å²) in [4.78, 5) is 4.73. The lowest BCUT2D eigenvalue weighted by Gasteiger charge is -2.28. The average molecular weight is 857 g/mol. The number of nitrogens with zero attached hydrogens (tertiary/aromatic N) is 2. The number of anilines is 6. The summed E-state index contributed by atoms with van der Waals surface area (Å²) >= 11 is 0. The Bertz CT molecular complexity index is 3530. The molecule has 0 aliphatic carbocycles. The predicted octanol–water partition coefficient (Wildman–Crippen LogP) is 18.3. The molecule has 0 radical (unpaired) electrons. The molecule has 0 aliphatic rings. The summed E-state index contributed by atoms with van der Waals surface area (Å²) in [6.07, 6.45) is 0. The van der Waals surface area contributed by atoms with E-state index in [9.17, 15) is 0 Å². The van der Waals surface area contributed by atoms with Crippen LogP contribution in [0.2, 0.25) is 0 Å². The molecule has 0 aliphatic heterocycles. The molecule has 0 spiro atoms. The van der Waals surface area contributed by atoms with E-state index in [0.717, 1.165) is 89.1 Å². The molecular formula is C64H44N2O. The Kier molecular flexibility index (Phi) is 10.2. The smallest absolute Gasteiger partial charge is 0.138 e. The van der Waals surface area contributed by atoms with Crippen LogP contribution in [0.25, 0.3) is 77.2 Å². The fraction of sp³-hybridized carbons (Fsp3) is 0. The molecule has 316 valence electrons. The minimum Gasteiger partial charge on any atom is -0.456 e. The average Bonchev–Trinajstić information content (AvgIpc) is 3.78. The quantitative estimate of drug-likeness (QED) is 0.137. The molecule has 0 atom stereocenters. The third kappa shape index (κ3) is 7.59. The van der Waals surface area contributed by atoms with Crippen molar-refractivity contribution >= 4 is 66.8 Å². The standard InChI is InChI=1S/C64H44N2O/c1-5-19-45(20-6-1)49-27-15-31-53(39-49)65(54-32-16-28-50(40-54)46-21-7-2-8-22-46)57-37-38-60-62(43-57)67-63-44-61(58-35-13-14-36-59(58)64(60)63)66(55-33-17-29-51(41-55)47-23-9-3-10-24-47)56-34-18-30-52(42-56)48-25-11-4-12-26-48/h1-44H. The fourth-order valence-corrected chi connectivity index (χ4v) is 9.63. The third-order valence-corrected chi connectivity index (χ3v) is 12.8. The van der Waals surface area contributed by atoms with Crippen molar-refractivity contribution < 1.29 is 4.42 Å². The van der Waals surface area contributed by atoms with Gasteiger partial charge in [-0.05, 0) is 111 Å². The van der Waals surface area contributed by atoms with Crippen molar-refractivity contribution in [2.45, 2.75) is 0 Å². The molecule has 0 saturated carbocycles. The van der Waals surface area contributed by atoms with Gasteiger partial charge >= 0.3 is 0 Å². The highest BCUT2D eigenvalue weighted by Gasteiger charge is 2.23. The maximum absolute atomic E-state index is 7.10. The second-order valence-corrected chi connectivity index (χ2v) is 16.9. The molecule has 12 aromatic rings. The van der Waals surface area contributed by atoms with E-state index in [2.05, 4.69) is 277 Å². The van der Waals surface area contributed by atoms with Crippen molar-refractivity contribution in [1.82, 2.24) is 0 Å². The summed E-state index contributed by atoms with van der Waals surface area (Å²) in [5, 5.41) is 4.43. The second kappa shape index (κ2) is 17.2. The van der Waals surface area contributed by atoms with Crippen molar-refractivity contribution in [2.75, 3.05) is 9.80 Å². The van der Waals surface area contributed by atoms with Gasteiger partial charge in [0.1, 0.15) is 11.2 Å². The van der Waals surface area contributed by atoms with Crippen LogP contribution in [0.1, 0.15) is 0 Å². The Hall–Kier alpha value is -8.92. The Morgan fingerprint density at radius 1 is 0.224 bits per heavy atom. The number of hydrogen-bond acceptors (Lipinski definition) is 3. The van der Waals surface area contributed by atoms with E-state index < -0.39 is 0 Å². The summed E-state index contributed by atoms with van der Waals surface area (Å²) in [6.45, 7) is 0. The van der Waals surface area contributed by atoms with Crippen molar-refractivity contribution in [1.29, 1.82) is 0 Å². The van der Waals surface area contributed by atoms with Crippen LogP contribution in [0.5, 0.6) is 0 Å². The number of benzene rings is 11. The van der Waals surface area contributed by atoms with Crippen LogP contribution < -0.4 is 9.80 Å². The van der Waals surface area contributed by atoms with Crippen molar-refractivity contribution in [3.8, 4) is 44.5 Å². The number of hydrogen-bond donors (Lipinski definition) is 0. The van der Waals surface area contributed by atoms with E-state index in [1.165, 1.54) is 22.3 Å². The van der Waals surface area contributed by atoms with Crippen LogP contribution in [0.3, 0.4) is 0 Å². The van der Waals surface area contributed by atoms with Crippen LogP contribution >= 0.6 is 0 Å². The molecule has 1 heterocycles. The maximum Gasteiger partial charge on any atom is 0.138 e. The summed E-state index contributed by atoms with van der Waals surface area (Å²) in [6, 6.07) is 95.4. The number of furan rings is 1. The fourth-order valence-electron chi connectivity index (χ4n) is 9.63. The second-order valence-electron chi connectivity index (χ2n) is 16.9. The van der Waals surface area contributed by atoms with Gasteiger partial charge in [-0.15, -0.1) is 0 Å². The molecule has 1 aromatic heterocycles. The highest BCUT2D eigenvalue weighted by atomic mass is 16.3. The molecule has 0 unspecified atom stereocenters. The molecule has 0 fully saturated rings. The summed E-state index contributed by atoms with van der Waals surface area (Å²) in [7, 11) is 0. The van der Waals surface area contributed by atoms with Gasteiger partial charge in [0, 0.05) is 56.7 Å². The lowest BCUT2D eigenvalue weighted by atomic mass is 9.99. The molecular weight excluding hydrogens is 813 g/mol. The van der Waals surface area contributed by atoms with Crippen LogP contribution in [0, 0.1) is 0 Å². The van der Waals surface area contributed by atoms with Crippen LogP contribution in [-0.4, -0.2) is 0 Å². The zero-order chi connectivity index (χ0) is 44.5. The maximum atomic E-state index is 7.10. The minimum absolute atomic E-state index is 0.821. The number of rotatable bonds is 10. The summed E-state index contributed by atoms with van der Waals surface area (Å²) in [5.41, 5.74) is 17.2. The van der Waals surface area contributed by atoms with Gasteiger partial charge in [-0.3, -0.25) is 0 Å². The Balaban J connectivity index is 1.05. The molecule has 11 aromatic carbocycles. The van der Waals surface area contributed by atoms with Gasteiger partial charge in [0.15, 0.2) is 0 Å². The topological polar surface area (TPSA) is 19.6 Å². The van der Waals surface area contributed by atoms with E-state index in [0.29, 0.717) is 0 Å². The zero-order valence-corrected chi connectivity index (χ0v) is 36.7. The summed E-state index contributed by atoms with van der Waals surface area (Å²) in [5.74, 6) is 0. The van der Waals surface area contributed by atoms with Crippen molar-refractivity contribution in [3.05, 3.63) is 267 Å². The van der Waals surface area contributed by atoms with Crippen molar-refractivity contribution in [3.63, 3.8) is 0 Å². The lowest BCUT2D eigenvalue weighted by molar-refractivity contribution is 0.669. The lowest BCUT2D eigenvalue weighted by Crippen LogP contribution is -2.11. The van der Waals surface area contributed by atoms with Gasteiger partial charge in [-0.1, -0.05) is 194 Å². The molecule has 12 rings (SSSR count). The van der Waals surface area contributed by atoms with Gasteiger partial charge in [0.2, 0.25) is 0 Å². The third-order valence-electron chi connectivity index (χ3n) is 12.8. The minimum atomic E-state index is 0.821. The van der Waals surface area contributed by atoms with Gasteiger partial charge in [0.25, 0.3) is 0 Å². The Labute approximate surface area is 390 Å². The first-order valence-corrected chi connectivity index (χ1v) is 22.8. The van der Waals surface area contributed by atoms with Crippen LogP contribution in [0.15, 0.2) is 271 Å². The van der Waals surface area contributed by atoms with E-state index >= 15 is 0 Å². The number of fused-ring (bicyclic) bond motifs is 5. The first kappa shape index (κ1) is 39.7. The molecule has 3 nitrogen and oxygen atoms in total. The molecule has 0 amide bonds. The first-order valence-electron chi connectivity index (χ1n) is 22.8. The predicted molar refractivity (Wildman–Crippen MR) is 282 cm³/mol. The molecule has 0 saturated heterocycles. The molecule has 67 heavy (non-hydrogen) atoms. The van der Waals surface area contributed by atoms with Gasteiger partial charge < -0.3 is 14.2 Å². The van der Waals surface area contributed by atoms with Gasteiger partial charge in [0.05, 0.1) is 5.69 Å². The normalized spacial score (nSPS) is 11.3. The van der Waals surface area contributed by atoms with E-state index in [1.54, 1.807) is 0 Å². The molecule has 3 heteroatoms. The molecule has 0 N–H and O–H groups in total.